The molecule has 0 spiro atoms. The van der Waals surface area contributed by atoms with Crippen LogP contribution in [0.1, 0.15) is 12.8 Å². The molecular formula is C21H20BrFN4O2. The highest BCUT2D eigenvalue weighted by Gasteiger charge is 2.28. The zero-order chi connectivity index (χ0) is 20.4. The molecule has 2 heterocycles. The van der Waals surface area contributed by atoms with Crippen LogP contribution in [0.3, 0.4) is 0 Å². The van der Waals surface area contributed by atoms with Crippen LogP contribution in [0.2, 0.25) is 0 Å². The van der Waals surface area contributed by atoms with Crippen molar-refractivity contribution in [1.82, 2.24) is 9.97 Å². The molecule has 0 saturated carbocycles. The fraction of sp³-hybridized carbons (Fsp3) is 0.286. The first-order chi connectivity index (χ1) is 14.0. The van der Waals surface area contributed by atoms with Crippen molar-refractivity contribution < 1.29 is 13.9 Å². The van der Waals surface area contributed by atoms with E-state index in [0.717, 1.165) is 11.0 Å². The van der Waals surface area contributed by atoms with Crippen molar-refractivity contribution in [1.29, 1.82) is 0 Å². The molecule has 3 aromatic rings. The number of piperidine rings is 1. The van der Waals surface area contributed by atoms with Crippen molar-refractivity contribution >= 4 is 44.4 Å². The fourth-order valence-corrected chi connectivity index (χ4v) is 3.83. The first-order valence-corrected chi connectivity index (χ1v) is 10.2. The van der Waals surface area contributed by atoms with E-state index in [-0.39, 0.29) is 17.5 Å². The average molecular weight is 459 g/mol. The molecule has 4 rings (SSSR count). The summed E-state index contributed by atoms with van der Waals surface area (Å²) in [5.74, 6) is 0.352. The van der Waals surface area contributed by atoms with Gasteiger partial charge in [0.15, 0.2) is 5.82 Å². The molecule has 0 aliphatic carbocycles. The van der Waals surface area contributed by atoms with Gasteiger partial charge >= 0.3 is 0 Å². The van der Waals surface area contributed by atoms with Gasteiger partial charge in [-0.3, -0.25) is 4.79 Å². The number of carbonyl (C=O) groups is 1. The smallest absolute Gasteiger partial charge is 0.257 e. The minimum Gasteiger partial charge on any atom is -0.478 e. The molecule has 1 aliphatic heterocycles. The van der Waals surface area contributed by atoms with E-state index in [4.69, 9.17) is 9.72 Å². The second kappa shape index (κ2) is 8.32. The van der Waals surface area contributed by atoms with Gasteiger partial charge in [-0.2, -0.15) is 0 Å². The Morgan fingerprint density at radius 2 is 1.86 bits per heavy atom. The summed E-state index contributed by atoms with van der Waals surface area (Å²) in [5.41, 5.74) is 1.77. The third-order valence-corrected chi connectivity index (χ3v) is 5.56. The highest BCUT2D eigenvalue weighted by atomic mass is 79.9. The van der Waals surface area contributed by atoms with E-state index in [1.807, 2.05) is 24.3 Å². The minimum atomic E-state index is -0.457. The van der Waals surface area contributed by atoms with E-state index in [2.05, 4.69) is 31.1 Å². The van der Waals surface area contributed by atoms with Gasteiger partial charge in [-0.1, -0.05) is 28.1 Å². The second-order valence-electron chi connectivity index (χ2n) is 6.92. The third kappa shape index (κ3) is 4.17. The van der Waals surface area contributed by atoms with E-state index >= 15 is 0 Å². The molecule has 1 fully saturated rings. The fourth-order valence-electron chi connectivity index (χ4n) is 3.50. The number of nitrogens with zero attached hydrogens (tertiary/aromatic N) is 3. The largest absolute Gasteiger partial charge is 0.478 e. The van der Waals surface area contributed by atoms with Gasteiger partial charge in [0.05, 0.1) is 23.8 Å². The molecule has 8 heteroatoms. The SMILES string of the molecule is COc1nc2ccccc2nc1N1CCC(C(=O)Nc2ccc(Br)cc2F)CC1. The predicted molar refractivity (Wildman–Crippen MR) is 114 cm³/mol. The number of benzene rings is 2. The lowest BCUT2D eigenvalue weighted by molar-refractivity contribution is -0.120. The Labute approximate surface area is 176 Å². The molecule has 1 aliphatic rings. The first-order valence-electron chi connectivity index (χ1n) is 9.37. The Kier molecular flexibility index (Phi) is 5.62. The van der Waals surface area contributed by atoms with Crippen LogP contribution >= 0.6 is 15.9 Å². The molecule has 0 unspecified atom stereocenters. The van der Waals surface area contributed by atoms with Crippen LogP contribution in [0.15, 0.2) is 46.9 Å². The number of ether oxygens (including phenoxy) is 1. The summed E-state index contributed by atoms with van der Waals surface area (Å²) in [4.78, 5) is 23.9. The third-order valence-electron chi connectivity index (χ3n) is 5.07. The number of hydrogen-bond acceptors (Lipinski definition) is 5. The van der Waals surface area contributed by atoms with E-state index in [0.29, 0.717) is 42.1 Å². The average Bonchev–Trinajstić information content (AvgIpc) is 2.74. The van der Waals surface area contributed by atoms with Crippen LogP contribution in [0.4, 0.5) is 15.9 Å². The number of fused-ring (bicyclic) bond motifs is 1. The minimum absolute atomic E-state index is 0.164. The number of halogens is 2. The lowest BCUT2D eigenvalue weighted by Crippen LogP contribution is -2.39. The summed E-state index contributed by atoms with van der Waals surface area (Å²) in [5, 5.41) is 2.70. The van der Waals surface area contributed by atoms with E-state index in [9.17, 15) is 9.18 Å². The summed E-state index contributed by atoms with van der Waals surface area (Å²) < 4.78 is 20.1. The summed E-state index contributed by atoms with van der Waals surface area (Å²) in [6, 6.07) is 12.2. The zero-order valence-electron chi connectivity index (χ0n) is 15.9. The molecule has 6 nitrogen and oxygen atoms in total. The molecule has 2 aromatic carbocycles. The Morgan fingerprint density at radius 3 is 2.52 bits per heavy atom. The quantitative estimate of drug-likeness (QED) is 0.627. The molecule has 0 radical (unpaired) electrons. The molecule has 1 saturated heterocycles. The number of hydrogen-bond donors (Lipinski definition) is 1. The highest BCUT2D eigenvalue weighted by Crippen LogP contribution is 2.31. The molecule has 150 valence electrons. The van der Waals surface area contributed by atoms with Gasteiger partial charge in [0.2, 0.25) is 5.91 Å². The number of para-hydroxylation sites is 2. The van der Waals surface area contributed by atoms with Crippen LogP contribution in [-0.4, -0.2) is 36.1 Å². The molecular weight excluding hydrogens is 439 g/mol. The van der Waals surface area contributed by atoms with Gasteiger partial charge < -0.3 is 15.0 Å². The van der Waals surface area contributed by atoms with Gasteiger partial charge in [0.1, 0.15) is 5.82 Å². The molecule has 1 aromatic heterocycles. The number of carbonyl (C=O) groups excluding carboxylic acids is 1. The standard InChI is InChI=1S/C21H20BrFN4O2/c1-29-21-19(24-17-4-2-3-5-18(17)26-21)27-10-8-13(9-11-27)20(28)25-16-7-6-14(22)12-15(16)23/h2-7,12-13H,8-11H2,1H3,(H,25,28). The number of amides is 1. The van der Waals surface area contributed by atoms with Crippen molar-refractivity contribution in [3.63, 3.8) is 0 Å². The molecule has 29 heavy (non-hydrogen) atoms. The Balaban J connectivity index is 1.45. The summed E-state index contributed by atoms with van der Waals surface area (Å²) >= 11 is 3.22. The van der Waals surface area contributed by atoms with Crippen LogP contribution in [-0.2, 0) is 4.79 Å². The van der Waals surface area contributed by atoms with Crippen molar-refractivity contribution in [2.75, 3.05) is 30.4 Å². The van der Waals surface area contributed by atoms with E-state index in [1.165, 1.54) is 6.07 Å². The summed E-state index contributed by atoms with van der Waals surface area (Å²) in [6.07, 6.45) is 1.28. The molecule has 1 amide bonds. The summed E-state index contributed by atoms with van der Waals surface area (Å²) in [6.45, 7) is 1.29. The van der Waals surface area contributed by atoms with Gasteiger partial charge in [0, 0.05) is 23.5 Å². The van der Waals surface area contributed by atoms with Gasteiger partial charge in [-0.05, 0) is 43.2 Å². The first kappa shape index (κ1) is 19.6. The molecule has 0 atom stereocenters. The number of rotatable bonds is 4. The Morgan fingerprint density at radius 1 is 1.17 bits per heavy atom. The zero-order valence-corrected chi connectivity index (χ0v) is 17.4. The molecule has 0 bridgehead atoms. The lowest BCUT2D eigenvalue weighted by atomic mass is 9.95. The number of methoxy groups -OCH3 is 1. The maximum atomic E-state index is 14.0. The van der Waals surface area contributed by atoms with Gasteiger partial charge in [-0.15, -0.1) is 0 Å². The topological polar surface area (TPSA) is 67.4 Å². The number of nitrogens with one attached hydrogen (secondary N) is 1. The van der Waals surface area contributed by atoms with Crippen LogP contribution in [0.5, 0.6) is 5.88 Å². The van der Waals surface area contributed by atoms with Crippen molar-refractivity contribution in [2.45, 2.75) is 12.8 Å². The number of aromatic nitrogens is 2. The van der Waals surface area contributed by atoms with Gasteiger partial charge in [-0.25, -0.2) is 14.4 Å². The lowest BCUT2D eigenvalue weighted by Gasteiger charge is -2.32. The second-order valence-corrected chi connectivity index (χ2v) is 7.84. The summed E-state index contributed by atoms with van der Waals surface area (Å²) in [7, 11) is 1.58. The maximum Gasteiger partial charge on any atom is 0.257 e. The van der Waals surface area contributed by atoms with Crippen molar-refractivity contribution in [2.24, 2.45) is 5.92 Å². The van der Waals surface area contributed by atoms with Crippen LogP contribution in [0, 0.1) is 11.7 Å². The van der Waals surface area contributed by atoms with E-state index < -0.39 is 5.82 Å². The highest BCUT2D eigenvalue weighted by molar-refractivity contribution is 9.10. The monoisotopic (exact) mass is 458 g/mol. The van der Waals surface area contributed by atoms with Gasteiger partial charge in [0.25, 0.3) is 5.88 Å². The molecule has 1 N–H and O–H groups in total. The van der Waals surface area contributed by atoms with Crippen molar-refractivity contribution in [3.8, 4) is 5.88 Å². The normalized spacial score (nSPS) is 14.8. The van der Waals surface area contributed by atoms with Crippen LogP contribution in [0.25, 0.3) is 11.0 Å². The number of anilines is 2. The van der Waals surface area contributed by atoms with E-state index in [1.54, 1.807) is 19.2 Å². The maximum absolute atomic E-state index is 14.0. The van der Waals surface area contributed by atoms with Crippen molar-refractivity contribution in [3.05, 3.63) is 52.8 Å². The Bertz CT molecular complexity index is 1050. The predicted octanol–water partition coefficient (Wildman–Crippen LogP) is 4.40. The Hall–Kier alpha value is -2.74. The van der Waals surface area contributed by atoms with Crippen LogP contribution < -0.4 is 15.0 Å².